The Morgan fingerprint density at radius 2 is 1.79 bits per heavy atom. The van der Waals surface area contributed by atoms with Crippen LogP contribution in [-0.4, -0.2) is 71.7 Å². The molecule has 1 aliphatic carbocycles. The predicted octanol–water partition coefficient (Wildman–Crippen LogP) is 1.03. The number of carbonyl (C=O) groups excluding carboxylic acids is 3. The summed E-state index contributed by atoms with van der Waals surface area (Å²) < 4.78 is 0. The summed E-state index contributed by atoms with van der Waals surface area (Å²) in [4.78, 5) is 42.2. The number of allylic oxidation sites excluding steroid dienone is 2. The number of hydrogen-bond donors (Lipinski definition) is 0. The summed E-state index contributed by atoms with van der Waals surface area (Å²) in [6, 6.07) is 0. The number of carbonyl (C=O) groups is 3. The number of hydrogen-bond acceptors (Lipinski definition) is 3. The predicted molar refractivity (Wildman–Crippen MR) is 90.1 cm³/mol. The van der Waals surface area contributed by atoms with E-state index in [-0.39, 0.29) is 30.2 Å². The average Bonchev–Trinajstić information content (AvgIpc) is 2.87. The lowest BCUT2D eigenvalue weighted by Gasteiger charge is -2.27. The second kappa shape index (κ2) is 7.81. The van der Waals surface area contributed by atoms with Crippen molar-refractivity contribution in [3.8, 4) is 0 Å². The standard InChI is InChI=1S/C18H27N3O3/c22-16-8-4-9-21(16)14-17(23)19-10-5-11-20(13-12-19)18(24)15-6-2-1-3-7-15/h1-2,15H,3-14H2. The fraction of sp³-hybridized carbons (Fsp3) is 0.722. The van der Waals surface area contributed by atoms with Gasteiger partial charge in [-0.15, -0.1) is 0 Å². The van der Waals surface area contributed by atoms with Gasteiger partial charge in [0.25, 0.3) is 0 Å². The molecular weight excluding hydrogens is 306 g/mol. The average molecular weight is 333 g/mol. The SMILES string of the molecule is O=C(CN1CCCC1=O)N1CCCN(C(=O)C2CC=CCC2)CC1. The zero-order chi connectivity index (χ0) is 16.9. The summed E-state index contributed by atoms with van der Waals surface area (Å²) in [5.74, 6) is 0.448. The van der Waals surface area contributed by atoms with Gasteiger partial charge in [0.15, 0.2) is 0 Å². The first kappa shape index (κ1) is 17.0. The van der Waals surface area contributed by atoms with E-state index in [9.17, 15) is 14.4 Å². The molecule has 1 atom stereocenters. The van der Waals surface area contributed by atoms with Crippen molar-refractivity contribution in [3.63, 3.8) is 0 Å². The van der Waals surface area contributed by atoms with Crippen LogP contribution in [0.4, 0.5) is 0 Å². The van der Waals surface area contributed by atoms with Crippen LogP contribution >= 0.6 is 0 Å². The molecule has 2 saturated heterocycles. The number of nitrogens with zero attached hydrogens (tertiary/aromatic N) is 3. The van der Waals surface area contributed by atoms with E-state index in [1.54, 1.807) is 4.90 Å². The molecule has 0 radical (unpaired) electrons. The van der Waals surface area contributed by atoms with Gasteiger partial charge in [-0.1, -0.05) is 12.2 Å². The third kappa shape index (κ3) is 3.97. The first-order chi connectivity index (χ1) is 11.6. The van der Waals surface area contributed by atoms with Crippen LogP contribution in [0.3, 0.4) is 0 Å². The third-order valence-corrected chi connectivity index (χ3v) is 5.28. The van der Waals surface area contributed by atoms with E-state index >= 15 is 0 Å². The summed E-state index contributed by atoms with van der Waals surface area (Å²) >= 11 is 0. The molecule has 0 spiro atoms. The monoisotopic (exact) mass is 333 g/mol. The number of amides is 3. The highest BCUT2D eigenvalue weighted by Gasteiger charge is 2.29. The van der Waals surface area contributed by atoms with Gasteiger partial charge in [-0.05, 0) is 32.1 Å². The van der Waals surface area contributed by atoms with Crippen molar-refractivity contribution in [1.82, 2.24) is 14.7 Å². The second-order valence-corrected chi connectivity index (χ2v) is 6.96. The molecule has 3 rings (SSSR count). The van der Waals surface area contributed by atoms with Gasteiger partial charge in [0, 0.05) is 45.1 Å². The first-order valence-corrected chi connectivity index (χ1v) is 9.14. The Bertz CT molecular complexity index is 532. The van der Waals surface area contributed by atoms with E-state index < -0.39 is 0 Å². The Labute approximate surface area is 143 Å². The van der Waals surface area contributed by atoms with Crippen LogP contribution in [0.25, 0.3) is 0 Å². The molecule has 6 heteroatoms. The molecular formula is C18H27N3O3. The van der Waals surface area contributed by atoms with Gasteiger partial charge in [0.1, 0.15) is 0 Å². The maximum atomic E-state index is 12.6. The first-order valence-electron chi connectivity index (χ1n) is 9.14. The largest absolute Gasteiger partial charge is 0.341 e. The van der Waals surface area contributed by atoms with E-state index in [1.807, 2.05) is 9.80 Å². The van der Waals surface area contributed by atoms with Gasteiger partial charge in [-0.3, -0.25) is 14.4 Å². The summed E-state index contributed by atoms with van der Waals surface area (Å²) in [6.45, 7) is 3.48. The molecule has 0 saturated carbocycles. The highest BCUT2D eigenvalue weighted by molar-refractivity contribution is 5.86. The van der Waals surface area contributed by atoms with Crippen molar-refractivity contribution in [2.45, 2.75) is 38.5 Å². The van der Waals surface area contributed by atoms with E-state index in [4.69, 9.17) is 0 Å². The normalized spacial score (nSPS) is 25.1. The lowest BCUT2D eigenvalue weighted by atomic mass is 9.93. The van der Waals surface area contributed by atoms with Gasteiger partial charge in [0.2, 0.25) is 17.7 Å². The molecule has 2 aliphatic heterocycles. The van der Waals surface area contributed by atoms with Crippen LogP contribution in [0.1, 0.15) is 38.5 Å². The summed E-state index contributed by atoms with van der Waals surface area (Å²) in [6.07, 6.45) is 9.24. The lowest BCUT2D eigenvalue weighted by molar-refractivity contribution is -0.139. The molecule has 0 aromatic carbocycles. The minimum absolute atomic E-state index is 0.0140. The van der Waals surface area contributed by atoms with Crippen LogP contribution in [0, 0.1) is 5.92 Å². The molecule has 6 nitrogen and oxygen atoms in total. The summed E-state index contributed by atoms with van der Waals surface area (Å²) in [7, 11) is 0. The van der Waals surface area contributed by atoms with Gasteiger partial charge >= 0.3 is 0 Å². The van der Waals surface area contributed by atoms with Gasteiger partial charge in [0.05, 0.1) is 6.54 Å². The highest BCUT2D eigenvalue weighted by Crippen LogP contribution is 2.21. The number of rotatable bonds is 3. The molecule has 132 valence electrons. The molecule has 0 aromatic heterocycles. The summed E-state index contributed by atoms with van der Waals surface area (Å²) in [5, 5.41) is 0. The van der Waals surface area contributed by atoms with Gasteiger partial charge in [-0.25, -0.2) is 0 Å². The Morgan fingerprint density at radius 1 is 1.00 bits per heavy atom. The smallest absolute Gasteiger partial charge is 0.242 e. The second-order valence-electron chi connectivity index (χ2n) is 6.96. The molecule has 3 amide bonds. The Kier molecular flexibility index (Phi) is 5.53. The highest BCUT2D eigenvalue weighted by atomic mass is 16.2. The van der Waals surface area contributed by atoms with Crippen molar-refractivity contribution in [3.05, 3.63) is 12.2 Å². The fourth-order valence-corrected chi connectivity index (χ4v) is 3.80. The zero-order valence-electron chi connectivity index (χ0n) is 14.3. The quantitative estimate of drug-likeness (QED) is 0.725. The molecule has 0 N–H and O–H groups in total. The van der Waals surface area contributed by atoms with E-state index in [2.05, 4.69) is 12.2 Å². The minimum Gasteiger partial charge on any atom is -0.341 e. The molecule has 3 aliphatic rings. The Balaban J connectivity index is 1.50. The van der Waals surface area contributed by atoms with Crippen molar-refractivity contribution in [2.75, 3.05) is 39.3 Å². The van der Waals surface area contributed by atoms with Gasteiger partial charge < -0.3 is 14.7 Å². The fourth-order valence-electron chi connectivity index (χ4n) is 3.80. The van der Waals surface area contributed by atoms with Crippen molar-refractivity contribution in [1.29, 1.82) is 0 Å². The topological polar surface area (TPSA) is 60.9 Å². The maximum Gasteiger partial charge on any atom is 0.242 e. The van der Waals surface area contributed by atoms with E-state index in [0.29, 0.717) is 32.6 Å². The minimum atomic E-state index is 0.0140. The molecule has 2 fully saturated rings. The van der Waals surface area contributed by atoms with Crippen LogP contribution in [-0.2, 0) is 14.4 Å². The molecule has 0 bridgehead atoms. The molecule has 2 heterocycles. The van der Waals surface area contributed by atoms with Crippen LogP contribution in [0.15, 0.2) is 12.2 Å². The Hall–Kier alpha value is -1.85. The number of likely N-dealkylation sites (tertiary alicyclic amines) is 1. The van der Waals surface area contributed by atoms with E-state index in [1.165, 1.54) is 0 Å². The van der Waals surface area contributed by atoms with Crippen LogP contribution in [0.2, 0.25) is 0 Å². The molecule has 24 heavy (non-hydrogen) atoms. The van der Waals surface area contributed by atoms with Gasteiger partial charge in [-0.2, -0.15) is 0 Å². The van der Waals surface area contributed by atoms with Crippen molar-refractivity contribution in [2.24, 2.45) is 5.92 Å². The summed E-state index contributed by atoms with van der Waals surface area (Å²) in [5.41, 5.74) is 0. The molecule has 0 aromatic rings. The van der Waals surface area contributed by atoms with Crippen molar-refractivity contribution >= 4 is 17.7 Å². The Morgan fingerprint density at radius 3 is 2.50 bits per heavy atom. The lowest BCUT2D eigenvalue weighted by Crippen LogP contribution is -2.43. The van der Waals surface area contributed by atoms with Crippen LogP contribution in [0.5, 0.6) is 0 Å². The van der Waals surface area contributed by atoms with E-state index in [0.717, 1.165) is 38.6 Å². The zero-order valence-corrected chi connectivity index (χ0v) is 14.3. The van der Waals surface area contributed by atoms with Crippen LogP contribution < -0.4 is 0 Å². The van der Waals surface area contributed by atoms with Crippen molar-refractivity contribution < 1.29 is 14.4 Å². The third-order valence-electron chi connectivity index (χ3n) is 5.28. The maximum absolute atomic E-state index is 12.6. The molecule has 1 unspecified atom stereocenters.